The number of pyridine rings is 1. The van der Waals surface area contributed by atoms with E-state index in [4.69, 9.17) is 26.5 Å². The molecule has 1 aliphatic rings. The largest absolute Gasteiger partial charge is 0.467 e. The topological polar surface area (TPSA) is 94.2 Å². The first kappa shape index (κ1) is 18.0. The zero-order valence-electron chi connectivity index (χ0n) is 15.0. The molecule has 2 N–H and O–H groups in total. The minimum absolute atomic E-state index is 0.0115. The molecule has 0 fully saturated rings. The van der Waals surface area contributed by atoms with Gasteiger partial charge in [-0.3, -0.25) is 4.79 Å². The van der Waals surface area contributed by atoms with E-state index in [1.807, 2.05) is 13.0 Å². The molecule has 1 aromatic carbocycles. The van der Waals surface area contributed by atoms with E-state index in [0.717, 1.165) is 0 Å². The Morgan fingerprint density at radius 3 is 2.79 bits per heavy atom. The average Bonchev–Trinajstić information content (AvgIpc) is 3.17. The van der Waals surface area contributed by atoms with E-state index < -0.39 is 5.92 Å². The van der Waals surface area contributed by atoms with Gasteiger partial charge < -0.3 is 19.5 Å². The molecule has 1 atom stereocenters. The zero-order chi connectivity index (χ0) is 19.8. The number of nitrogens with zero attached hydrogens (tertiary/aromatic N) is 2. The molecule has 0 bridgehead atoms. The first-order chi connectivity index (χ1) is 13.5. The highest BCUT2D eigenvalue weighted by molar-refractivity contribution is 6.30. The molecular formula is C21H16ClN3O3. The van der Waals surface area contributed by atoms with Crippen molar-refractivity contribution in [3.05, 3.63) is 98.1 Å². The summed E-state index contributed by atoms with van der Waals surface area (Å²) in [5.41, 5.74) is 7.65. The molecule has 0 saturated heterocycles. The van der Waals surface area contributed by atoms with Crippen LogP contribution in [0.4, 0.5) is 0 Å². The number of hydrogen-bond acceptors (Lipinski definition) is 5. The summed E-state index contributed by atoms with van der Waals surface area (Å²) >= 11 is 6.15. The highest BCUT2D eigenvalue weighted by atomic mass is 35.5. The highest BCUT2D eigenvalue weighted by Gasteiger charge is 2.34. The molecule has 3 heterocycles. The number of allylic oxidation sites excluding steroid dienone is 1. The smallest absolute Gasteiger partial charge is 0.259 e. The van der Waals surface area contributed by atoms with Crippen LogP contribution in [-0.2, 0) is 6.54 Å². The third-order valence-electron chi connectivity index (χ3n) is 4.77. The molecule has 1 aliphatic heterocycles. The summed E-state index contributed by atoms with van der Waals surface area (Å²) in [5, 5.41) is 10.2. The monoisotopic (exact) mass is 393 g/mol. The number of furan rings is 1. The Morgan fingerprint density at radius 1 is 1.29 bits per heavy atom. The molecule has 2 aromatic heterocycles. The summed E-state index contributed by atoms with van der Waals surface area (Å²) < 4.78 is 12.6. The summed E-state index contributed by atoms with van der Waals surface area (Å²) in [4.78, 5) is 13.4. The SMILES string of the molecule is Cc1cc2c(c(=O)n1Cc1ccco1)C(c1cccc(Cl)c1)C(C#N)=C(N)O2. The molecule has 0 saturated carbocycles. The fourth-order valence-electron chi connectivity index (χ4n) is 3.46. The van der Waals surface area contributed by atoms with Crippen LogP contribution in [-0.4, -0.2) is 4.57 Å². The fourth-order valence-corrected chi connectivity index (χ4v) is 3.66. The molecule has 3 aromatic rings. The second kappa shape index (κ2) is 6.95. The molecular weight excluding hydrogens is 378 g/mol. The van der Waals surface area contributed by atoms with Gasteiger partial charge in [-0.1, -0.05) is 23.7 Å². The molecule has 0 aliphatic carbocycles. The number of halogens is 1. The van der Waals surface area contributed by atoms with Crippen LogP contribution in [0.3, 0.4) is 0 Å². The first-order valence-electron chi connectivity index (χ1n) is 8.59. The van der Waals surface area contributed by atoms with Crippen molar-refractivity contribution in [3.63, 3.8) is 0 Å². The predicted octanol–water partition coefficient (Wildman–Crippen LogP) is 3.67. The Bertz CT molecular complexity index is 1190. The van der Waals surface area contributed by atoms with Crippen LogP contribution in [0.1, 0.15) is 28.5 Å². The van der Waals surface area contributed by atoms with E-state index in [1.54, 1.807) is 47.2 Å². The first-order valence-corrected chi connectivity index (χ1v) is 8.97. The minimum atomic E-state index is -0.664. The number of fused-ring (bicyclic) bond motifs is 1. The van der Waals surface area contributed by atoms with E-state index >= 15 is 0 Å². The van der Waals surface area contributed by atoms with E-state index in [1.165, 1.54) is 0 Å². The van der Waals surface area contributed by atoms with Crippen LogP contribution in [0.25, 0.3) is 0 Å². The lowest BCUT2D eigenvalue weighted by atomic mass is 9.84. The number of nitrogens with two attached hydrogens (primary N) is 1. The summed E-state index contributed by atoms with van der Waals surface area (Å²) in [6, 6.07) is 14.4. The van der Waals surface area contributed by atoms with E-state index in [9.17, 15) is 10.1 Å². The Kier molecular flexibility index (Phi) is 4.46. The number of aromatic nitrogens is 1. The Balaban J connectivity index is 1.96. The summed E-state index contributed by atoms with van der Waals surface area (Å²) in [5.74, 6) is 0.322. The van der Waals surface area contributed by atoms with Crippen molar-refractivity contribution in [1.29, 1.82) is 5.26 Å². The molecule has 4 rings (SSSR count). The molecule has 0 spiro atoms. The highest BCUT2D eigenvalue weighted by Crippen LogP contribution is 2.41. The molecule has 28 heavy (non-hydrogen) atoms. The van der Waals surface area contributed by atoms with Crippen molar-refractivity contribution in [2.45, 2.75) is 19.4 Å². The van der Waals surface area contributed by atoms with Crippen molar-refractivity contribution < 1.29 is 9.15 Å². The third-order valence-corrected chi connectivity index (χ3v) is 5.00. The second-order valence-corrected chi connectivity index (χ2v) is 6.95. The Hall–Kier alpha value is -3.43. The molecule has 0 radical (unpaired) electrons. The van der Waals surface area contributed by atoms with Crippen molar-refractivity contribution in [1.82, 2.24) is 4.57 Å². The lowest BCUT2D eigenvalue weighted by molar-refractivity contribution is 0.387. The van der Waals surface area contributed by atoms with Crippen molar-refractivity contribution in [2.75, 3.05) is 0 Å². The van der Waals surface area contributed by atoms with Crippen LogP contribution in [0.5, 0.6) is 5.75 Å². The average molecular weight is 394 g/mol. The van der Waals surface area contributed by atoms with Gasteiger partial charge in [0.25, 0.3) is 5.56 Å². The van der Waals surface area contributed by atoms with Gasteiger partial charge in [-0.15, -0.1) is 0 Å². The maximum Gasteiger partial charge on any atom is 0.259 e. The van der Waals surface area contributed by atoms with Crippen LogP contribution < -0.4 is 16.0 Å². The van der Waals surface area contributed by atoms with Gasteiger partial charge in [0, 0.05) is 16.8 Å². The normalized spacial score (nSPS) is 15.7. The van der Waals surface area contributed by atoms with Crippen molar-refractivity contribution in [2.24, 2.45) is 5.73 Å². The summed E-state index contributed by atoms with van der Waals surface area (Å²) in [7, 11) is 0. The van der Waals surface area contributed by atoms with E-state index in [-0.39, 0.29) is 23.6 Å². The van der Waals surface area contributed by atoms with Crippen molar-refractivity contribution in [3.8, 4) is 11.8 Å². The zero-order valence-corrected chi connectivity index (χ0v) is 15.7. The number of hydrogen-bond donors (Lipinski definition) is 1. The fraction of sp³-hybridized carbons (Fsp3) is 0.143. The Morgan fingerprint density at radius 2 is 2.11 bits per heavy atom. The number of rotatable bonds is 3. The number of benzene rings is 1. The maximum absolute atomic E-state index is 13.4. The van der Waals surface area contributed by atoms with Crippen molar-refractivity contribution >= 4 is 11.6 Å². The van der Waals surface area contributed by atoms with Crippen LogP contribution in [0.2, 0.25) is 5.02 Å². The maximum atomic E-state index is 13.4. The number of nitriles is 1. The molecule has 1 unspecified atom stereocenters. The van der Waals surface area contributed by atoms with E-state index in [2.05, 4.69) is 6.07 Å². The molecule has 6 nitrogen and oxygen atoms in total. The molecule has 0 amide bonds. The Labute approximate surface area is 166 Å². The summed E-state index contributed by atoms with van der Waals surface area (Å²) in [6.07, 6.45) is 1.56. The van der Waals surface area contributed by atoms with E-state index in [0.29, 0.717) is 33.4 Å². The minimum Gasteiger partial charge on any atom is -0.467 e. The number of aryl methyl sites for hydroxylation is 1. The van der Waals surface area contributed by atoms with Gasteiger partial charge in [0.2, 0.25) is 5.88 Å². The molecule has 140 valence electrons. The standard InChI is InChI=1S/C21H16ClN3O3/c1-12-8-17-19(21(26)25(12)11-15-6-3-7-27-15)18(16(10-23)20(24)28-17)13-4-2-5-14(22)9-13/h2-9,18H,11,24H2,1H3. The predicted molar refractivity (Wildman–Crippen MR) is 104 cm³/mol. The van der Waals surface area contributed by atoms with Gasteiger partial charge in [-0.25, -0.2) is 0 Å². The van der Waals surface area contributed by atoms with Gasteiger partial charge in [-0.05, 0) is 36.8 Å². The van der Waals surface area contributed by atoms with Gasteiger partial charge in [0.05, 0.1) is 24.3 Å². The van der Waals surface area contributed by atoms with Gasteiger partial charge in [0.15, 0.2) is 0 Å². The lowest BCUT2D eigenvalue weighted by Gasteiger charge is -2.27. The number of ether oxygens (including phenoxy) is 1. The van der Waals surface area contributed by atoms with Crippen LogP contribution in [0.15, 0.2) is 69.4 Å². The second-order valence-electron chi connectivity index (χ2n) is 6.51. The quantitative estimate of drug-likeness (QED) is 0.732. The van der Waals surface area contributed by atoms with Crippen LogP contribution >= 0.6 is 11.6 Å². The lowest BCUT2D eigenvalue weighted by Crippen LogP contribution is -2.33. The van der Waals surface area contributed by atoms with Gasteiger partial charge in [0.1, 0.15) is 23.2 Å². The van der Waals surface area contributed by atoms with Gasteiger partial charge in [-0.2, -0.15) is 5.26 Å². The molecule has 7 heteroatoms. The third kappa shape index (κ3) is 2.96. The summed E-state index contributed by atoms with van der Waals surface area (Å²) in [6.45, 7) is 2.08. The van der Waals surface area contributed by atoms with Gasteiger partial charge >= 0.3 is 0 Å². The van der Waals surface area contributed by atoms with Crippen LogP contribution in [0, 0.1) is 18.3 Å².